The molecule has 270 valence electrons. The van der Waals surface area contributed by atoms with Gasteiger partial charge in [0, 0.05) is 34.1 Å². The number of alkyl halides is 2. The summed E-state index contributed by atoms with van der Waals surface area (Å²) in [6.45, 7) is 9.02. The Morgan fingerprint density at radius 3 is 1.32 bits per heavy atom. The van der Waals surface area contributed by atoms with Gasteiger partial charge in [-0.05, 0) is 43.0 Å². The first-order chi connectivity index (χ1) is 23.9. The third kappa shape index (κ3) is 10.9. The number of ether oxygens (including phenoxy) is 1. The second-order valence-electron chi connectivity index (χ2n) is 13.6. The Morgan fingerprint density at radius 1 is 0.740 bits per heavy atom. The number of rotatable bonds is 9. The third-order valence-electron chi connectivity index (χ3n) is 8.45. The Bertz CT molecular complexity index is 1490. The van der Waals surface area contributed by atoms with Crippen molar-refractivity contribution in [3.8, 4) is 0 Å². The zero-order valence-corrected chi connectivity index (χ0v) is 29.2. The fourth-order valence-corrected chi connectivity index (χ4v) is 6.28. The molecular weight excluding hydrogens is 630 g/mol. The van der Waals surface area contributed by atoms with E-state index < -0.39 is 23.0 Å². The van der Waals surface area contributed by atoms with Crippen molar-refractivity contribution in [2.45, 2.75) is 71.0 Å². The molecule has 50 heavy (non-hydrogen) atoms. The molecule has 2 aliphatic heterocycles. The van der Waals surface area contributed by atoms with Crippen LogP contribution in [0.15, 0.2) is 121 Å². The minimum absolute atomic E-state index is 0. The van der Waals surface area contributed by atoms with Crippen LogP contribution in [0, 0.1) is 0 Å². The zero-order valence-electron chi connectivity index (χ0n) is 30.2. The highest BCUT2D eigenvalue weighted by molar-refractivity contribution is 5.67. The van der Waals surface area contributed by atoms with E-state index in [9.17, 15) is 9.18 Å². The highest BCUT2D eigenvalue weighted by Crippen LogP contribution is 2.38. The Morgan fingerprint density at radius 2 is 1.04 bits per heavy atom. The van der Waals surface area contributed by atoms with Crippen molar-refractivity contribution in [1.29, 1.82) is 0 Å². The van der Waals surface area contributed by atoms with Crippen molar-refractivity contribution in [2.75, 3.05) is 39.3 Å². The van der Waals surface area contributed by atoms with Gasteiger partial charge < -0.3 is 15.8 Å². The summed E-state index contributed by atoms with van der Waals surface area (Å²) in [5, 5.41) is 2.56. The minimum atomic E-state index is -1.45. The number of nitrogens with two attached hydrogens (primary N) is 1. The Balaban J connectivity index is 0.000000260. The number of nitrogens with one attached hydrogen (secondary N) is 1. The number of carbonyl (C=O) groups excluding carboxylic acids is 1. The van der Waals surface area contributed by atoms with Crippen molar-refractivity contribution >= 4 is 6.09 Å². The largest absolute Gasteiger partial charge is 0.444 e. The lowest BCUT2D eigenvalue weighted by Crippen LogP contribution is -2.64. The van der Waals surface area contributed by atoms with Crippen LogP contribution in [0.3, 0.4) is 0 Å². The fourth-order valence-electron chi connectivity index (χ4n) is 6.28. The fraction of sp³-hybridized carbons (Fsp3) is 0.405. The molecule has 2 aliphatic rings. The van der Waals surface area contributed by atoms with Crippen molar-refractivity contribution in [1.82, 2.24) is 15.1 Å². The van der Waals surface area contributed by atoms with Gasteiger partial charge in [0.05, 0.1) is 18.6 Å². The van der Waals surface area contributed by atoms with Crippen molar-refractivity contribution < 1.29 is 19.7 Å². The molecule has 6 rings (SSSR count). The molecule has 0 aromatic heterocycles. The maximum absolute atomic E-state index is 15.0. The maximum Gasteiger partial charge on any atom is 0.407 e. The van der Waals surface area contributed by atoms with Crippen LogP contribution in [-0.2, 0) is 4.74 Å². The van der Waals surface area contributed by atoms with Crippen molar-refractivity contribution in [2.24, 2.45) is 5.73 Å². The molecule has 0 spiro atoms. The van der Waals surface area contributed by atoms with Crippen molar-refractivity contribution in [3.05, 3.63) is 144 Å². The molecule has 0 aliphatic carbocycles. The van der Waals surface area contributed by atoms with Gasteiger partial charge in [0.15, 0.2) is 5.67 Å². The first-order valence-corrected chi connectivity index (χ1v) is 16.9. The van der Waals surface area contributed by atoms with E-state index in [2.05, 4.69) is 63.6 Å². The van der Waals surface area contributed by atoms with Gasteiger partial charge in [-0.25, -0.2) is 13.6 Å². The number of benzene rings is 4. The lowest BCUT2D eigenvalue weighted by molar-refractivity contribution is -0.0490. The minimum Gasteiger partial charge on any atom is -0.444 e. The molecule has 4 aromatic carbocycles. The van der Waals surface area contributed by atoms with Gasteiger partial charge in [0.1, 0.15) is 11.3 Å². The number of amides is 1. The lowest BCUT2D eigenvalue weighted by Gasteiger charge is -2.48. The Labute approximate surface area is 300 Å². The summed E-state index contributed by atoms with van der Waals surface area (Å²) in [6.07, 6.45) is -0.583. The summed E-state index contributed by atoms with van der Waals surface area (Å²) in [7, 11) is 0. The van der Waals surface area contributed by atoms with Crippen LogP contribution >= 0.6 is 0 Å². The number of alkyl carbamates (subject to hydrolysis) is 1. The topological polar surface area (TPSA) is 70.8 Å². The summed E-state index contributed by atoms with van der Waals surface area (Å²) >= 11 is 0. The zero-order chi connectivity index (χ0) is 36.2. The Hall–Kier alpha value is -4.11. The maximum atomic E-state index is 15.0. The van der Waals surface area contributed by atoms with Gasteiger partial charge in [0.25, 0.3) is 0 Å². The molecule has 2 fully saturated rings. The van der Waals surface area contributed by atoms with E-state index in [1.165, 1.54) is 11.1 Å². The highest BCUT2D eigenvalue weighted by atomic mass is 19.1. The monoisotopic (exact) mass is 687 g/mol. The van der Waals surface area contributed by atoms with E-state index in [1.807, 2.05) is 72.8 Å². The number of halogens is 2. The van der Waals surface area contributed by atoms with Crippen LogP contribution in [0.1, 0.15) is 77.7 Å². The van der Waals surface area contributed by atoms with E-state index in [0.717, 1.165) is 11.1 Å². The number of nitrogens with zero attached hydrogens (tertiary/aromatic N) is 2. The number of carbonyl (C=O) groups is 1. The normalized spacial score (nSPS) is 16.5. The smallest absolute Gasteiger partial charge is 0.407 e. The molecule has 0 atom stereocenters. The van der Waals surface area contributed by atoms with E-state index in [4.69, 9.17) is 11.8 Å². The molecule has 2 saturated heterocycles. The van der Waals surface area contributed by atoms with Crippen LogP contribution in [0.4, 0.5) is 13.6 Å². The molecule has 3 N–H and O–H groups in total. The Kier molecular flexibility index (Phi) is 14.1. The van der Waals surface area contributed by atoms with Crippen LogP contribution < -0.4 is 11.1 Å². The second-order valence-corrected chi connectivity index (χ2v) is 13.6. The van der Waals surface area contributed by atoms with Crippen LogP contribution in [0.5, 0.6) is 0 Å². The standard InChI is InChI=1S/C22H27FN2O2.C17H19FN2.C2H6.CH4/c1-21(2,3)27-20(26)24-14-22(23)15-25(16-22)19(17-10-6-4-7-11-17)18-12-8-5-9-13-18;18-17(11-19)12-20(13-17)16(14-7-3-1-4-8-14)15-9-5-2-6-10-15;1-2;/h4-13,19H,14-16H2,1-3H3,(H,24,26);1-10,16H,11-13,19H2;1-2H3;1H4/i;;1D;. The second kappa shape index (κ2) is 18.2. The average Bonchev–Trinajstić information content (AvgIpc) is 3.08. The average molecular weight is 688 g/mol. The van der Waals surface area contributed by atoms with E-state index in [-0.39, 0.29) is 45.7 Å². The van der Waals surface area contributed by atoms with E-state index >= 15 is 4.39 Å². The SMILES string of the molecule is C.CC(C)(C)OC(=O)NCC1(F)CN(C(c2ccccc2)c2ccccc2)C1.NCC1(F)CN(C(c2ccccc2)c2ccccc2)C1.[2H]CC. The van der Waals surface area contributed by atoms with Gasteiger partial charge in [-0.15, -0.1) is 0 Å². The summed E-state index contributed by atoms with van der Waals surface area (Å²) in [5.41, 5.74) is 6.89. The van der Waals surface area contributed by atoms with Gasteiger partial charge in [-0.3, -0.25) is 9.80 Å². The predicted octanol–water partition coefficient (Wildman–Crippen LogP) is 8.75. The lowest BCUT2D eigenvalue weighted by atomic mass is 9.88. The van der Waals surface area contributed by atoms with Gasteiger partial charge in [0.2, 0.25) is 0 Å². The number of likely N-dealkylation sites (tertiary alicyclic amines) is 2. The number of hydrogen-bond donors (Lipinski definition) is 2. The molecule has 0 saturated carbocycles. The molecule has 0 radical (unpaired) electrons. The summed E-state index contributed by atoms with van der Waals surface area (Å²) in [4.78, 5) is 16.0. The number of hydrogen-bond acceptors (Lipinski definition) is 5. The third-order valence-corrected chi connectivity index (χ3v) is 8.45. The molecule has 2 heterocycles. The molecular formula is C42H56F2N4O2. The van der Waals surface area contributed by atoms with Crippen molar-refractivity contribution in [3.63, 3.8) is 0 Å². The summed E-state index contributed by atoms with van der Waals surface area (Å²) in [5.74, 6) is 0. The quantitative estimate of drug-likeness (QED) is 0.184. The summed E-state index contributed by atoms with van der Waals surface area (Å²) in [6, 6.07) is 40.8. The molecule has 1 amide bonds. The van der Waals surface area contributed by atoms with Gasteiger partial charge in [-0.1, -0.05) is 143 Å². The van der Waals surface area contributed by atoms with Gasteiger partial charge in [-0.2, -0.15) is 0 Å². The predicted molar refractivity (Wildman–Crippen MR) is 202 cm³/mol. The molecule has 6 nitrogen and oxygen atoms in total. The van der Waals surface area contributed by atoms with Gasteiger partial charge >= 0.3 is 6.09 Å². The van der Waals surface area contributed by atoms with Crippen LogP contribution in [-0.4, -0.2) is 72.1 Å². The molecule has 0 unspecified atom stereocenters. The first kappa shape index (κ1) is 38.7. The first-order valence-electron chi connectivity index (χ1n) is 17.6. The molecule has 4 aromatic rings. The molecule has 8 heteroatoms. The van der Waals surface area contributed by atoms with Crippen LogP contribution in [0.2, 0.25) is 0 Å². The molecule has 0 bridgehead atoms. The summed E-state index contributed by atoms with van der Waals surface area (Å²) < 4.78 is 40.5. The van der Waals surface area contributed by atoms with Crippen LogP contribution in [0.25, 0.3) is 0 Å². The van der Waals surface area contributed by atoms with E-state index in [1.54, 1.807) is 27.7 Å². The highest BCUT2D eigenvalue weighted by Gasteiger charge is 2.47. The van der Waals surface area contributed by atoms with E-state index in [0.29, 0.717) is 20.0 Å².